The first-order valence-electron chi connectivity index (χ1n) is 5.24. The first kappa shape index (κ1) is 14.4. The van der Waals surface area contributed by atoms with Crippen molar-refractivity contribution in [1.29, 1.82) is 0 Å². The average Bonchev–Trinajstić information content (AvgIpc) is 2.87. The zero-order chi connectivity index (χ0) is 14.9. The van der Waals surface area contributed by atoms with Gasteiger partial charge in [0.15, 0.2) is 5.01 Å². The summed E-state index contributed by atoms with van der Waals surface area (Å²) in [6.07, 6.45) is -3.83. The maximum absolute atomic E-state index is 13.7. The number of hydrogen-bond donors (Lipinski definition) is 0. The summed E-state index contributed by atoms with van der Waals surface area (Å²) in [4.78, 5) is 14.8. The Morgan fingerprint density at radius 1 is 1.35 bits per heavy atom. The molecule has 106 valence electrons. The minimum Gasteiger partial charge on any atom is -0.497 e. The van der Waals surface area contributed by atoms with Crippen molar-refractivity contribution < 1.29 is 27.1 Å². The van der Waals surface area contributed by atoms with Crippen LogP contribution in [-0.2, 0) is 6.18 Å². The number of benzene rings is 1. The van der Waals surface area contributed by atoms with Gasteiger partial charge in [-0.05, 0) is 12.1 Å². The molecule has 1 aromatic carbocycles. The summed E-state index contributed by atoms with van der Waals surface area (Å²) in [5.41, 5.74) is -0.330. The van der Waals surface area contributed by atoms with Crippen molar-refractivity contribution in [2.45, 2.75) is 6.18 Å². The predicted octanol–water partition coefficient (Wildman–Crippen LogP) is 3.54. The standard InChI is InChI=1S/C12H7F4NO2S/c1-19-6-2-3-7(8(13)4-6)10(18)9-5-17-11(20-9)12(14,15)16/h2-5H,1H3. The van der Waals surface area contributed by atoms with Gasteiger partial charge in [-0.3, -0.25) is 4.79 Å². The van der Waals surface area contributed by atoms with Crippen LogP contribution in [0.2, 0.25) is 0 Å². The van der Waals surface area contributed by atoms with Crippen LogP contribution in [0.4, 0.5) is 17.6 Å². The molecule has 0 spiro atoms. The van der Waals surface area contributed by atoms with Gasteiger partial charge in [0, 0.05) is 12.3 Å². The molecule has 0 aliphatic heterocycles. The molecule has 2 aromatic rings. The maximum Gasteiger partial charge on any atom is 0.443 e. The molecule has 0 amide bonds. The van der Waals surface area contributed by atoms with E-state index in [0.29, 0.717) is 0 Å². The van der Waals surface area contributed by atoms with Crippen molar-refractivity contribution in [2.24, 2.45) is 0 Å². The van der Waals surface area contributed by atoms with E-state index in [9.17, 15) is 22.4 Å². The lowest BCUT2D eigenvalue weighted by molar-refractivity contribution is -0.137. The number of hydrogen-bond acceptors (Lipinski definition) is 4. The minimum absolute atomic E-state index is 0.178. The summed E-state index contributed by atoms with van der Waals surface area (Å²) in [5, 5.41) is -1.14. The lowest BCUT2D eigenvalue weighted by Crippen LogP contribution is -2.03. The fourth-order valence-electron chi connectivity index (χ4n) is 1.45. The summed E-state index contributed by atoms with van der Waals surface area (Å²) >= 11 is 0.178. The summed E-state index contributed by atoms with van der Waals surface area (Å²) in [7, 11) is 1.33. The Morgan fingerprint density at radius 3 is 2.55 bits per heavy atom. The zero-order valence-electron chi connectivity index (χ0n) is 9.99. The number of aromatic nitrogens is 1. The maximum atomic E-state index is 13.7. The third-order valence-corrected chi connectivity index (χ3v) is 3.43. The molecule has 0 saturated carbocycles. The van der Waals surface area contributed by atoms with Crippen molar-refractivity contribution in [3.8, 4) is 5.75 Å². The van der Waals surface area contributed by atoms with Crippen LogP contribution < -0.4 is 4.74 Å². The molecular weight excluding hydrogens is 298 g/mol. The molecule has 0 radical (unpaired) electrons. The van der Waals surface area contributed by atoms with Crippen LogP contribution in [0.3, 0.4) is 0 Å². The van der Waals surface area contributed by atoms with Gasteiger partial charge in [-0.15, -0.1) is 11.3 Å². The number of alkyl halides is 3. The van der Waals surface area contributed by atoms with E-state index < -0.39 is 22.8 Å². The van der Waals surface area contributed by atoms with Gasteiger partial charge in [0.05, 0.1) is 17.6 Å². The number of ketones is 1. The van der Waals surface area contributed by atoms with Crippen LogP contribution in [0.15, 0.2) is 24.4 Å². The van der Waals surface area contributed by atoms with Crippen LogP contribution in [-0.4, -0.2) is 17.9 Å². The fraction of sp³-hybridized carbons (Fsp3) is 0.167. The van der Waals surface area contributed by atoms with Crippen molar-refractivity contribution in [3.63, 3.8) is 0 Å². The molecule has 20 heavy (non-hydrogen) atoms. The van der Waals surface area contributed by atoms with Crippen molar-refractivity contribution in [3.05, 3.63) is 45.7 Å². The molecule has 0 unspecified atom stereocenters. The van der Waals surface area contributed by atoms with Crippen LogP contribution in [0, 0.1) is 5.82 Å². The van der Waals surface area contributed by atoms with E-state index in [1.165, 1.54) is 13.2 Å². The van der Waals surface area contributed by atoms with Gasteiger partial charge in [0.2, 0.25) is 5.78 Å². The molecule has 0 atom stereocenters. The summed E-state index contributed by atoms with van der Waals surface area (Å²) in [6, 6.07) is 3.49. The number of carbonyl (C=O) groups is 1. The lowest BCUT2D eigenvalue weighted by Gasteiger charge is -2.03. The van der Waals surface area contributed by atoms with E-state index in [2.05, 4.69) is 4.98 Å². The van der Waals surface area contributed by atoms with Gasteiger partial charge in [0.25, 0.3) is 0 Å². The predicted molar refractivity (Wildman–Crippen MR) is 63.5 cm³/mol. The summed E-state index contributed by atoms with van der Waals surface area (Å²) in [6.45, 7) is 0. The van der Waals surface area contributed by atoms with E-state index in [1.807, 2.05) is 0 Å². The normalized spacial score (nSPS) is 11.4. The number of rotatable bonds is 3. The van der Waals surface area contributed by atoms with E-state index in [1.54, 1.807) is 0 Å². The Labute approximate surface area is 114 Å². The number of nitrogens with zero attached hydrogens (tertiary/aromatic N) is 1. The van der Waals surface area contributed by atoms with Gasteiger partial charge < -0.3 is 4.74 Å². The Morgan fingerprint density at radius 2 is 2.05 bits per heavy atom. The second kappa shape index (κ2) is 5.20. The lowest BCUT2D eigenvalue weighted by atomic mass is 10.1. The Balaban J connectivity index is 2.34. The highest BCUT2D eigenvalue weighted by atomic mass is 32.1. The SMILES string of the molecule is COc1ccc(C(=O)c2cnc(C(F)(F)F)s2)c(F)c1. The van der Waals surface area contributed by atoms with Crippen molar-refractivity contribution in [2.75, 3.05) is 7.11 Å². The average molecular weight is 305 g/mol. The third kappa shape index (κ3) is 2.79. The van der Waals surface area contributed by atoms with Gasteiger partial charge in [-0.25, -0.2) is 9.37 Å². The molecule has 0 aliphatic rings. The fourth-order valence-corrected chi connectivity index (χ4v) is 2.19. The van der Waals surface area contributed by atoms with E-state index in [0.717, 1.165) is 18.3 Å². The highest BCUT2D eigenvalue weighted by molar-refractivity contribution is 7.13. The quantitative estimate of drug-likeness (QED) is 0.643. The highest BCUT2D eigenvalue weighted by Gasteiger charge is 2.35. The molecule has 2 rings (SSSR count). The topological polar surface area (TPSA) is 39.2 Å². The first-order valence-corrected chi connectivity index (χ1v) is 6.06. The van der Waals surface area contributed by atoms with Gasteiger partial charge in [-0.2, -0.15) is 13.2 Å². The second-order valence-corrected chi connectivity index (χ2v) is 4.73. The summed E-state index contributed by atoms with van der Waals surface area (Å²) < 4.78 is 55.6. The minimum atomic E-state index is -4.62. The van der Waals surface area contributed by atoms with Gasteiger partial charge in [-0.1, -0.05) is 0 Å². The molecule has 8 heteroatoms. The van der Waals surface area contributed by atoms with Crippen molar-refractivity contribution >= 4 is 17.1 Å². The molecule has 0 aliphatic carbocycles. The largest absolute Gasteiger partial charge is 0.497 e. The van der Waals surface area contributed by atoms with Crippen LogP contribution in [0.25, 0.3) is 0 Å². The van der Waals surface area contributed by atoms with Crippen molar-refractivity contribution in [1.82, 2.24) is 4.98 Å². The second-order valence-electron chi connectivity index (χ2n) is 3.70. The molecule has 0 fully saturated rings. The number of carbonyl (C=O) groups excluding carboxylic acids is 1. The Kier molecular flexibility index (Phi) is 3.76. The van der Waals surface area contributed by atoms with Gasteiger partial charge >= 0.3 is 6.18 Å². The number of thiazole rings is 1. The first-order chi connectivity index (χ1) is 9.32. The number of methoxy groups -OCH3 is 1. The highest BCUT2D eigenvalue weighted by Crippen LogP contribution is 2.33. The van der Waals surface area contributed by atoms with Crippen LogP contribution in [0.1, 0.15) is 20.2 Å². The number of ether oxygens (including phenoxy) is 1. The number of halogens is 4. The van der Waals surface area contributed by atoms with E-state index in [-0.39, 0.29) is 27.5 Å². The molecule has 0 saturated heterocycles. The van der Waals surface area contributed by atoms with E-state index >= 15 is 0 Å². The van der Waals surface area contributed by atoms with E-state index in [4.69, 9.17) is 4.74 Å². The molecule has 3 nitrogen and oxygen atoms in total. The zero-order valence-corrected chi connectivity index (χ0v) is 10.8. The molecule has 1 aromatic heterocycles. The summed E-state index contributed by atoms with van der Waals surface area (Å²) in [5.74, 6) is -1.51. The smallest absolute Gasteiger partial charge is 0.443 e. The monoisotopic (exact) mass is 305 g/mol. The molecule has 0 bridgehead atoms. The van der Waals surface area contributed by atoms with Crippen LogP contribution >= 0.6 is 11.3 Å². The Hall–Kier alpha value is -1.96. The molecule has 1 heterocycles. The third-order valence-electron chi connectivity index (χ3n) is 2.39. The molecular formula is C12H7F4NO2S. The van der Waals surface area contributed by atoms with Crippen LogP contribution in [0.5, 0.6) is 5.75 Å². The molecule has 0 N–H and O–H groups in total. The van der Waals surface area contributed by atoms with Gasteiger partial charge in [0.1, 0.15) is 11.6 Å². The Bertz CT molecular complexity index is 651.